The first-order valence-electron chi connectivity index (χ1n) is 7.35. The van der Waals surface area contributed by atoms with Crippen molar-refractivity contribution >= 4 is 5.91 Å². The number of rotatable bonds is 7. The fraction of sp³-hybridized carbons (Fsp3) is 0.278. The number of nitrogens with one attached hydrogen (secondary N) is 1. The van der Waals surface area contributed by atoms with Gasteiger partial charge in [0.2, 0.25) is 0 Å². The Hall–Kier alpha value is -2.69. The van der Waals surface area contributed by atoms with Crippen molar-refractivity contribution in [1.82, 2.24) is 5.32 Å². The molecule has 0 radical (unpaired) electrons. The molecule has 0 fully saturated rings. The summed E-state index contributed by atoms with van der Waals surface area (Å²) in [5.41, 5.74) is 0.910. The molecular weight excluding hydrogens is 294 g/mol. The van der Waals surface area contributed by atoms with E-state index in [0.717, 1.165) is 11.3 Å². The highest BCUT2D eigenvalue weighted by Crippen LogP contribution is 2.26. The van der Waals surface area contributed by atoms with Gasteiger partial charge in [0.05, 0.1) is 14.2 Å². The highest BCUT2D eigenvalue weighted by molar-refractivity contribution is 5.80. The molecule has 1 amide bonds. The van der Waals surface area contributed by atoms with Crippen LogP contribution in [-0.4, -0.2) is 26.2 Å². The molecular formula is C18H21NO4. The van der Waals surface area contributed by atoms with Gasteiger partial charge in [-0.2, -0.15) is 0 Å². The summed E-state index contributed by atoms with van der Waals surface area (Å²) in [7, 11) is 3.17. The van der Waals surface area contributed by atoms with Gasteiger partial charge in [0.25, 0.3) is 5.91 Å². The van der Waals surface area contributed by atoms with Crippen molar-refractivity contribution in [2.45, 2.75) is 19.6 Å². The van der Waals surface area contributed by atoms with Gasteiger partial charge >= 0.3 is 0 Å². The lowest BCUT2D eigenvalue weighted by molar-refractivity contribution is -0.127. The zero-order valence-corrected chi connectivity index (χ0v) is 13.5. The van der Waals surface area contributed by atoms with Crippen LogP contribution in [0.1, 0.15) is 12.5 Å². The van der Waals surface area contributed by atoms with Crippen LogP contribution >= 0.6 is 0 Å². The predicted molar refractivity (Wildman–Crippen MR) is 87.9 cm³/mol. The molecule has 0 aliphatic heterocycles. The molecule has 0 spiro atoms. The zero-order valence-electron chi connectivity index (χ0n) is 13.5. The minimum absolute atomic E-state index is 0.207. The van der Waals surface area contributed by atoms with Crippen molar-refractivity contribution in [2.24, 2.45) is 0 Å². The summed E-state index contributed by atoms with van der Waals surface area (Å²) >= 11 is 0. The maximum Gasteiger partial charge on any atom is 0.261 e. The molecule has 0 saturated heterocycles. The number of amides is 1. The number of ether oxygens (including phenoxy) is 3. The van der Waals surface area contributed by atoms with E-state index in [2.05, 4.69) is 5.32 Å². The number of para-hydroxylation sites is 3. The summed E-state index contributed by atoms with van der Waals surface area (Å²) in [6, 6.07) is 14.8. The van der Waals surface area contributed by atoms with E-state index in [0.29, 0.717) is 18.0 Å². The summed E-state index contributed by atoms with van der Waals surface area (Å²) in [6.07, 6.45) is -0.638. The van der Waals surface area contributed by atoms with Gasteiger partial charge in [-0.1, -0.05) is 30.3 Å². The fourth-order valence-corrected chi connectivity index (χ4v) is 2.14. The van der Waals surface area contributed by atoms with Crippen LogP contribution < -0.4 is 19.5 Å². The SMILES string of the molecule is COc1ccccc1CNC(=O)C(C)Oc1ccccc1OC. The molecule has 2 aromatic carbocycles. The average molecular weight is 315 g/mol. The van der Waals surface area contributed by atoms with Crippen LogP contribution in [0.5, 0.6) is 17.2 Å². The van der Waals surface area contributed by atoms with Gasteiger partial charge in [-0.25, -0.2) is 0 Å². The Balaban J connectivity index is 1.95. The van der Waals surface area contributed by atoms with Gasteiger partial charge in [0.15, 0.2) is 17.6 Å². The van der Waals surface area contributed by atoms with Crippen molar-refractivity contribution in [3.05, 3.63) is 54.1 Å². The van der Waals surface area contributed by atoms with Crippen LogP contribution in [0.15, 0.2) is 48.5 Å². The lowest BCUT2D eigenvalue weighted by atomic mass is 10.2. The third kappa shape index (κ3) is 4.39. The molecule has 0 aliphatic carbocycles. The van der Waals surface area contributed by atoms with E-state index in [9.17, 15) is 4.79 Å². The Labute approximate surface area is 136 Å². The monoisotopic (exact) mass is 315 g/mol. The van der Waals surface area contributed by atoms with Gasteiger partial charge in [-0.3, -0.25) is 4.79 Å². The highest BCUT2D eigenvalue weighted by Gasteiger charge is 2.16. The second kappa shape index (κ2) is 8.08. The molecule has 0 saturated carbocycles. The molecule has 0 heterocycles. The van der Waals surface area contributed by atoms with Crippen molar-refractivity contribution in [2.75, 3.05) is 14.2 Å². The summed E-state index contributed by atoms with van der Waals surface area (Å²) in [5, 5.41) is 2.85. The molecule has 0 bridgehead atoms. The Morgan fingerprint density at radius 1 is 0.957 bits per heavy atom. The number of carbonyl (C=O) groups is 1. The molecule has 0 aliphatic rings. The maximum absolute atomic E-state index is 12.2. The van der Waals surface area contributed by atoms with Crippen molar-refractivity contribution in [1.29, 1.82) is 0 Å². The standard InChI is InChI=1S/C18H21NO4/c1-13(23-17-11-7-6-10-16(17)22-3)18(20)19-12-14-8-4-5-9-15(14)21-2/h4-11,13H,12H2,1-3H3,(H,19,20). The van der Waals surface area contributed by atoms with E-state index in [4.69, 9.17) is 14.2 Å². The van der Waals surface area contributed by atoms with Crippen LogP contribution in [0.25, 0.3) is 0 Å². The number of benzene rings is 2. The van der Waals surface area contributed by atoms with Gasteiger partial charge in [-0.05, 0) is 25.1 Å². The minimum atomic E-state index is -0.638. The predicted octanol–water partition coefficient (Wildman–Crippen LogP) is 2.79. The second-order valence-electron chi connectivity index (χ2n) is 4.94. The molecule has 0 aromatic heterocycles. The van der Waals surface area contributed by atoms with Gasteiger partial charge in [0.1, 0.15) is 5.75 Å². The first-order valence-corrected chi connectivity index (χ1v) is 7.35. The quantitative estimate of drug-likeness (QED) is 0.853. The normalized spacial score (nSPS) is 11.4. The molecule has 1 unspecified atom stereocenters. The van der Waals surface area contributed by atoms with Crippen molar-refractivity contribution < 1.29 is 19.0 Å². The third-order valence-corrected chi connectivity index (χ3v) is 3.39. The van der Waals surface area contributed by atoms with Crippen LogP contribution in [0.4, 0.5) is 0 Å². The first kappa shape index (κ1) is 16.7. The van der Waals surface area contributed by atoms with Crippen molar-refractivity contribution in [3.63, 3.8) is 0 Å². The average Bonchev–Trinajstić information content (AvgIpc) is 2.60. The third-order valence-electron chi connectivity index (χ3n) is 3.39. The molecule has 5 heteroatoms. The van der Waals surface area contributed by atoms with E-state index in [-0.39, 0.29) is 5.91 Å². The minimum Gasteiger partial charge on any atom is -0.496 e. The Morgan fingerprint density at radius 2 is 1.52 bits per heavy atom. The molecule has 1 N–H and O–H groups in total. The van der Waals surface area contributed by atoms with Gasteiger partial charge in [-0.15, -0.1) is 0 Å². The number of carbonyl (C=O) groups excluding carboxylic acids is 1. The molecule has 23 heavy (non-hydrogen) atoms. The number of hydrogen-bond donors (Lipinski definition) is 1. The highest BCUT2D eigenvalue weighted by atomic mass is 16.5. The molecule has 5 nitrogen and oxygen atoms in total. The molecule has 122 valence electrons. The van der Waals surface area contributed by atoms with Gasteiger partial charge in [0, 0.05) is 12.1 Å². The van der Waals surface area contributed by atoms with Crippen LogP contribution in [0.3, 0.4) is 0 Å². The van der Waals surface area contributed by atoms with E-state index < -0.39 is 6.10 Å². The first-order chi connectivity index (χ1) is 11.2. The molecule has 2 aromatic rings. The topological polar surface area (TPSA) is 56.8 Å². The van der Waals surface area contributed by atoms with E-state index >= 15 is 0 Å². The summed E-state index contributed by atoms with van der Waals surface area (Å²) in [4.78, 5) is 12.2. The van der Waals surface area contributed by atoms with Crippen LogP contribution in [-0.2, 0) is 11.3 Å². The largest absolute Gasteiger partial charge is 0.496 e. The van der Waals surface area contributed by atoms with Crippen LogP contribution in [0, 0.1) is 0 Å². The van der Waals surface area contributed by atoms with Crippen molar-refractivity contribution in [3.8, 4) is 17.2 Å². The fourth-order valence-electron chi connectivity index (χ4n) is 2.14. The summed E-state index contributed by atoms with van der Waals surface area (Å²) < 4.78 is 16.2. The summed E-state index contributed by atoms with van der Waals surface area (Å²) in [5.74, 6) is 1.67. The lowest BCUT2D eigenvalue weighted by Gasteiger charge is -2.17. The Kier molecular flexibility index (Phi) is 5.86. The van der Waals surface area contributed by atoms with E-state index in [1.165, 1.54) is 0 Å². The van der Waals surface area contributed by atoms with Gasteiger partial charge < -0.3 is 19.5 Å². The number of hydrogen-bond acceptors (Lipinski definition) is 4. The smallest absolute Gasteiger partial charge is 0.261 e. The lowest BCUT2D eigenvalue weighted by Crippen LogP contribution is -2.36. The Morgan fingerprint density at radius 3 is 2.17 bits per heavy atom. The second-order valence-corrected chi connectivity index (χ2v) is 4.94. The van der Waals surface area contributed by atoms with Crippen LogP contribution in [0.2, 0.25) is 0 Å². The zero-order chi connectivity index (χ0) is 16.7. The number of methoxy groups -OCH3 is 2. The summed E-state index contributed by atoms with van der Waals surface area (Å²) in [6.45, 7) is 2.08. The maximum atomic E-state index is 12.2. The van der Waals surface area contributed by atoms with E-state index in [1.807, 2.05) is 36.4 Å². The molecule has 2 rings (SSSR count). The Bertz CT molecular complexity index is 657. The molecule has 1 atom stereocenters. The van der Waals surface area contributed by atoms with E-state index in [1.54, 1.807) is 33.3 Å².